The summed E-state index contributed by atoms with van der Waals surface area (Å²) in [6.45, 7) is 0.589. The first-order chi connectivity index (χ1) is 13.8. The zero-order valence-electron chi connectivity index (χ0n) is 16.0. The number of aromatic nitrogens is 1. The molecule has 29 heavy (non-hydrogen) atoms. The number of ether oxygens (including phenoxy) is 2. The molecule has 4 rings (SSSR count). The van der Waals surface area contributed by atoms with Gasteiger partial charge < -0.3 is 35.4 Å². The monoisotopic (exact) mass is 471 g/mol. The number of benzene rings is 2. The Morgan fingerprint density at radius 2 is 1.76 bits per heavy atom. The molecule has 0 fully saturated rings. The predicted molar refractivity (Wildman–Crippen MR) is 110 cm³/mol. The average molecular weight is 472 g/mol. The summed E-state index contributed by atoms with van der Waals surface area (Å²) in [4.78, 5) is 5.72. The molecule has 0 bridgehead atoms. The molecule has 2 heterocycles. The molecule has 0 radical (unpaired) electrons. The molecule has 0 unspecified atom stereocenters. The number of methoxy groups -OCH3 is 2. The van der Waals surface area contributed by atoms with Crippen molar-refractivity contribution in [3.05, 3.63) is 82.9 Å². The van der Waals surface area contributed by atoms with Gasteiger partial charge in [0.2, 0.25) is 0 Å². The molecule has 2 aromatic carbocycles. The fourth-order valence-corrected chi connectivity index (χ4v) is 3.90. The Balaban J connectivity index is 0.00000240. The van der Waals surface area contributed by atoms with E-state index in [9.17, 15) is 0 Å². The first-order valence-electron chi connectivity index (χ1n) is 8.81. The lowest BCUT2D eigenvalue weighted by Crippen LogP contribution is -3.00. The summed E-state index contributed by atoms with van der Waals surface area (Å²) in [7, 11) is 3.28. The second-order valence-corrected chi connectivity index (χ2v) is 6.92. The van der Waals surface area contributed by atoms with Crippen molar-refractivity contribution in [2.24, 2.45) is 4.99 Å². The van der Waals surface area contributed by atoms with Crippen LogP contribution >= 0.6 is 11.3 Å². The third-order valence-electron chi connectivity index (χ3n) is 4.35. The zero-order chi connectivity index (χ0) is 19.3. The van der Waals surface area contributed by atoms with E-state index in [2.05, 4.69) is 9.95 Å². The van der Waals surface area contributed by atoms with E-state index in [4.69, 9.17) is 18.9 Å². The Morgan fingerprint density at radius 1 is 0.966 bits per heavy atom. The third kappa shape index (κ3) is 4.63. The van der Waals surface area contributed by atoms with Gasteiger partial charge in [-0.25, -0.2) is 4.99 Å². The van der Waals surface area contributed by atoms with Crippen LogP contribution in [0.25, 0.3) is 11.3 Å². The van der Waals surface area contributed by atoms with Gasteiger partial charge in [0.05, 0.1) is 38.4 Å². The van der Waals surface area contributed by atoms with Gasteiger partial charge in [0.15, 0.2) is 16.3 Å². The molecule has 7 heteroatoms. The van der Waals surface area contributed by atoms with Crippen LogP contribution in [0, 0.1) is 0 Å². The minimum absolute atomic E-state index is 0. The Hall–Kier alpha value is -2.77. The molecule has 0 aliphatic carbocycles. The van der Waals surface area contributed by atoms with Crippen LogP contribution in [-0.2, 0) is 6.54 Å². The fourth-order valence-electron chi connectivity index (χ4n) is 2.97. The highest BCUT2D eigenvalue weighted by Crippen LogP contribution is 2.32. The smallest absolute Gasteiger partial charge is 0.190 e. The van der Waals surface area contributed by atoms with Crippen LogP contribution in [-0.4, -0.2) is 18.8 Å². The van der Waals surface area contributed by atoms with E-state index in [-0.39, 0.29) is 17.0 Å². The van der Waals surface area contributed by atoms with E-state index in [1.54, 1.807) is 31.8 Å². The second-order valence-electron chi connectivity index (χ2n) is 6.09. The van der Waals surface area contributed by atoms with Crippen LogP contribution in [0.4, 0.5) is 5.69 Å². The maximum Gasteiger partial charge on any atom is 0.190 e. The molecular weight excluding hydrogens is 452 g/mol. The Morgan fingerprint density at radius 3 is 2.45 bits per heavy atom. The molecule has 0 amide bonds. The lowest BCUT2D eigenvalue weighted by atomic mass is 10.1. The third-order valence-corrected chi connectivity index (χ3v) is 5.22. The number of thiazole rings is 1. The molecule has 0 saturated carbocycles. The quantitative estimate of drug-likeness (QED) is 0.432. The van der Waals surface area contributed by atoms with Crippen molar-refractivity contribution < 1.29 is 30.9 Å². The minimum atomic E-state index is 0. The van der Waals surface area contributed by atoms with Gasteiger partial charge >= 0.3 is 0 Å². The topological polar surface area (TPSA) is 48.9 Å². The molecule has 0 spiro atoms. The molecule has 150 valence electrons. The normalized spacial score (nSPS) is 11.2. The molecule has 0 atom stereocenters. The molecule has 2 aromatic heterocycles. The Kier molecular flexibility index (Phi) is 6.95. The van der Waals surface area contributed by atoms with E-state index < -0.39 is 0 Å². The SMILES string of the molecule is COc1ccc(-c2csc(=Nc3ccccc3)n2Cc2ccco2)cc1OC.[Br-]. The van der Waals surface area contributed by atoms with Crippen LogP contribution in [0.15, 0.2) is 81.7 Å². The van der Waals surface area contributed by atoms with Gasteiger partial charge in [-0.1, -0.05) is 18.2 Å². The molecule has 0 saturated heterocycles. The van der Waals surface area contributed by atoms with Crippen LogP contribution < -0.4 is 31.3 Å². The molecule has 0 aliphatic heterocycles. The summed E-state index contributed by atoms with van der Waals surface area (Å²) in [5, 5.41) is 2.10. The maximum absolute atomic E-state index is 5.58. The van der Waals surface area contributed by atoms with Crippen LogP contribution in [0.3, 0.4) is 0 Å². The number of para-hydroxylation sites is 1. The Labute approximate surface area is 183 Å². The lowest BCUT2D eigenvalue weighted by molar-refractivity contribution is -0.00000659. The summed E-state index contributed by atoms with van der Waals surface area (Å²) < 4.78 is 18.6. The van der Waals surface area contributed by atoms with E-state index in [1.807, 2.05) is 60.7 Å². The second kappa shape index (κ2) is 9.62. The van der Waals surface area contributed by atoms with E-state index in [0.717, 1.165) is 27.5 Å². The fraction of sp³-hybridized carbons (Fsp3) is 0.136. The molecule has 5 nitrogen and oxygen atoms in total. The number of nitrogens with zero attached hydrogens (tertiary/aromatic N) is 2. The summed E-state index contributed by atoms with van der Waals surface area (Å²) >= 11 is 1.59. The summed E-state index contributed by atoms with van der Waals surface area (Å²) in [6.07, 6.45) is 1.69. The van der Waals surface area contributed by atoms with E-state index in [0.29, 0.717) is 18.0 Å². The first kappa shape index (κ1) is 21.0. The lowest BCUT2D eigenvalue weighted by Gasteiger charge is -2.11. The van der Waals surface area contributed by atoms with E-state index >= 15 is 0 Å². The van der Waals surface area contributed by atoms with Crippen molar-refractivity contribution in [1.82, 2.24) is 4.57 Å². The zero-order valence-corrected chi connectivity index (χ0v) is 18.4. The highest BCUT2D eigenvalue weighted by atomic mass is 79.9. The van der Waals surface area contributed by atoms with E-state index in [1.165, 1.54) is 0 Å². The maximum atomic E-state index is 5.58. The van der Waals surface area contributed by atoms with Gasteiger partial charge in [-0.2, -0.15) is 0 Å². The number of halogens is 1. The number of rotatable bonds is 6. The predicted octanol–water partition coefficient (Wildman–Crippen LogP) is 2.11. The standard InChI is InChI=1S/C22H20N2O3S.BrH/c1-25-20-11-10-16(13-21(20)26-2)19-15-28-22(23-17-7-4-3-5-8-17)24(19)14-18-9-6-12-27-18;/h3-13,15H,14H2,1-2H3;1H/p-1. The molecule has 0 N–H and O–H groups in total. The van der Waals surface area contributed by atoms with Crippen molar-refractivity contribution in [2.75, 3.05) is 14.2 Å². The van der Waals surface area contributed by atoms with Crippen molar-refractivity contribution in [2.45, 2.75) is 6.54 Å². The van der Waals surface area contributed by atoms with Crippen molar-refractivity contribution >= 4 is 17.0 Å². The summed E-state index contributed by atoms with van der Waals surface area (Å²) in [5.41, 5.74) is 2.98. The molecular formula is C22H20BrN2O3S-. The summed E-state index contributed by atoms with van der Waals surface area (Å²) in [5.74, 6) is 2.26. The number of hydrogen-bond acceptors (Lipinski definition) is 5. The van der Waals surface area contributed by atoms with Gasteiger partial charge in [0.25, 0.3) is 0 Å². The van der Waals surface area contributed by atoms with Crippen LogP contribution in [0.1, 0.15) is 5.76 Å². The minimum Gasteiger partial charge on any atom is -1.00 e. The Bertz CT molecular complexity index is 1120. The molecule has 4 aromatic rings. The highest BCUT2D eigenvalue weighted by molar-refractivity contribution is 7.07. The van der Waals surface area contributed by atoms with Gasteiger partial charge in [0, 0.05) is 10.9 Å². The van der Waals surface area contributed by atoms with Crippen molar-refractivity contribution in [3.63, 3.8) is 0 Å². The van der Waals surface area contributed by atoms with Crippen LogP contribution in [0.2, 0.25) is 0 Å². The van der Waals surface area contributed by atoms with Gasteiger partial charge in [-0.15, -0.1) is 11.3 Å². The number of furan rings is 1. The van der Waals surface area contributed by atoms with Gasteiger partial charge in [0.1, 0.15) is 5.76 Å². The average Bonchev–Trinajstić information content (AvgIpc) is 3.39. The van der Waals surface area contributed by atoms with Gasteiger partial charge in [-0.05, 0) is 42.5 Å². The van der Waals surface area contributed by atoms with Gasteiger partial charge in [-0.3, -0.25) is 0 Å². The molecule has 0 aliphatic rings. The van der Waals surface area contributed by atoms with Crippen molar-refractivity contribution in [1.29, 1.82) is 0 Å². The number of hydrogen-bond donors (Lipinski definition) is 0. The van der Waals surface area contributed by atoms with Crippen LogP contribution in [0.5, 0.6) is 11.5 Å². The summed E-state index contributed by atoms with van der Waals surface area (Å²) in [6, 6.07) is 19.7. The largest absolute Gasteiger partial charge is 1.00 e. The first-order valence-corrected chi connectivity index (χ1v) is 9.69. The van der Waals surface area contributed by atoms with Crippen molar-refractivity contribution in [3.8, 4) is 22.8 Å². The highest BCUT2D eigenvalue weighted by Gasteiger charge is 2.13.